The topological polar surface area (TPSA) is 69.2 Å². The highest BCUT2D eigenvalue weighted by atomic mass is 19.3. The van der Waals surface area contributed by atoms with E-state index >= 15 is 0 Å². The Bertz CT molecular complexity index is 704. The van der Waals surface area contributed by atoms with E-state index in [0.717, 1.165) is 0 Å². The molecule has 0 aromatic heterocycles. The number of rotatable bonds is 8. The van der Waals surface area contributed by atoms with Gasteiger partial charge in [0.15, 0.2) is 6.61 Å². The third kappa shape index (κ3) is 6.46. The molecule has 6 nitrogen and oxygen atoms in total. The highest BCUT2D eigenvalue weighted by Crippen LogP contribution is 2.15. The van der Waals surface area contributed by atoms with Gasteiger partial charge in [0.1, 0.15) is 11.5 Å². The number of hydrogen-bond acceptors (Lipinski definition) is 5. The molecule has 0 aliphatic carbocycles. The Balaban J connectivity index is 1.75. The minimum Gasteiger partial charge on any atom is -0.497 e. The lowest BCUT2D eigenvalue weighted by molar-refractivity contribution is -0.120. The molecular weight excluding hydrogens is 334 g/mol. The molecule has 0 aliphatic heterocycles. The summed E-state index contributed by atoms with van der Waals surface area (Å²) in [5.74, 6) is 0.360. The van der Waals surface area contributed by atoms with Crippen molar-refractivity contribution in [3.63, 3.8) is 0 Å². The van der Waals surface area contributed by atoms with Crippen LogP contribution in [0.3, 0.4) is 0 Å². The molecule has 0 heterocycles. The molecule has 0 bridgehead atoms. The van der Waals surface area contributed by atoms with E-state index in [1.54, 1.807) is 31.4 Å². The fraction of sp³-hybridized carbons (Fsp3) is 0.176. The van der Waals surface area contributed by atoms with Crippen LogP contribution in [-0.2, 0) is 9.63 Å². The Labute approximate surface area is 143 Å². The molecule has 0 radical (unpaired) electrons. The van der Waals surface area contributed by atoms with Crippen molar-refractivity contribution >= 4 is 17.8 Å². The second-order valence-corrected chi connectivity index (χ2v) is 4.73. The molecule has 2 aromatic carbocycles. The molecule has 0 atom stereocenters. The maximum Gasteiger partial charge on any atom is 0.387 e. The van der Waals surface area contributed by atoms with Crippen molar-refractivity contribution in [2.24, 2.45) is 5.16 Å². The third-order valence-electron chi connectivity index (χ3n) is 2.95. The molecule has 0 unspecified atom stereocenters. The number of anilines is 1. The van der Waals surface area contributed by atoms with Gasteiger partial charge >= 0.3 is 6.61 Å². The second-order valence-electron chi connectivity index (χ2n) is 4.73. The zero-order valence-electron chi connectivity index (χ0n) is 13.3. The van der Waals surface area contributed by atoms with E-state index in [0.29, 0.717) is 17.0 Å². The summed E-state index contributed by atoms with van der Waals surface area (Å²) < 4.78 is 33.3. The number of ether oxygens (including phenoxy) is 2. The van der Waals surface area contributed by atoms with Gasteiger partial charge in [0.05, 0.1) is 13.3 Å². The van der Waals surface area contributed by atoms with Crippen LogP contribution in [0.5, 0.6) is 11.5 Å². The molecule has 2 rings (SSSR count). The van der Waals surface area contributed by atoms with E-state index in [1.807, 2.05) is 0 Å². The quantitative estimate of drug-likeness (QED) is 0.586. The highest BCUT2D eigenvalue weighted by molar-refractivity contribution is 5.91. The normalized spacial score (nSPS) is 10.7. The van der Waals surface area contributed by atoms with E-state index < -0.39 is 6.61 Å². The highest BCUT2D eigenvalue weighted by Gasteiger charge is 2.04. The first-order valence-corrected chi connectivity index (χ1v) is 7.21. The number of carbonyl (C=O) groups excluding carboxylic acids is 1. The summed E-state index contributed by atoms with van der Waals surface area (Å²) in [7, 11) is 1.55. The second kappa shape index (κ2) is 9.21. The number of amides is 1. The Kier molecular flexibility index (Phi) is 6.70. The van der Waals surface area contributed by atoms with Crippen LogP contribution in [0.15, 0.2) is 53.7 Å². The van der Waals surface area contributed by atoms with Crippen LogP contribution in [0.2, 0.25) is 0 Å². The minimum absolute atomic E-state index is 0.0481. The molecule has 1 N–H and O–H groups in total. The summed E-state index contributed by atoms with van der Waals surface area (Å²) >= 11 is 0. The molecule has 1 amide bonds. The predicted molar refractivity (Wildman–Crippen MR) is 88.2 cm³/mol. The standard InChI is InChI=1S/C17H16F2N2O4/c1-23-14-8-4-13(5-9-14)21-16(22)11-24-20-10-12-2-6-15(7-3-12)25-17(18)19/h2-10,17H,11H2,1H3,(H,21,22)/b20-10-. The van der Waals surface area contributed by atoms with Gasteiger partial charge in [-0.25, -0.2) is 0 Å². The number of nitrogens with zero attached hydrogens (tertiary/aromatic N) is 1. The van der Waals surface area contributed by atoms with Gasteiger partial charge in [0, 0.05) is 5.69 Å². The van der Waals surface area contributed by atoms with Crippen LogP contribution in [-0.4, -0.2) is 32.4 Å². The Hall–Kier alpha value is -3.16. The zero-order valence-corrected chi connectivity index (χ0v) is 13.3. The molecule has 0 fully saturated rings. The number of carbonyl (C=O) groups is 1. The van der Waals surface area contributed by atoms with E-state index in [1.165, 1.54) is 30.5 Å². The van der Waals surface area contributed by atoms with Crippen LogP contribution in [0.25, 0.3) is 0 Å². The van der Waals surface area contributed by atoms with E-state index in [-0.39, 0.29) is 18.3 Å². The zero-order chi connectivity index (χ0) is 18.1. The molecule has 2 aromatic rings. The van der Waals surface area contributed by atoms with E-state index in [4.69, 9.17) is 9.57 Å². The summed E-state index contributed by atoms with van der Waals surface area (Å²) in [6.45, 7) is -3.14. The fourth-order valence-electron chi connectivity index (χ4n) is 1.80. The molecule has 8 heteroatoms. The lowest BCUT2D eigenvalue weighted by atomic mass is 10.2. The average molecular weight is 350 g/mol. The van der Waals surface area contributed by atoms with Gasteiger partial charge < -0.3 is 19.6 Å². The average Bonchev–Trinajstić information content (AvgIpc) is 2.60. The summed E-state index contributed by atoms with van der Waals surface area (Å²) in [6, 6.07) is 12.6. The SMILES string of the molecule is COc1ccc(NC(=O)CO/N=C\c2ccc(OC(F)F)cc2)cc1. The van der Waals surface area contributed by atoms with Crippen LogP contribution in [0, 0.1) is 0 Å². The van der Waals surface area contributed by atoms with Crippen molar-refractivity contribution < 1.29 is 27.9 Å². The van der Waals surface area contributed by atoms with Crippen molar-refractivity contribution in [3.05, 3.63) is 54.1 Å². The van der Waals surface area contributed by atoms with Gasteiger partial charge in [-0.05, 0) is 54.1 Å². The van der Waals surface area contributed by atoms with Gasteiger partial charge in [-0.3, -0.25) is 4.79 Å². The Morgan fingerprint density at radius 3 is 2.36 bits per heavy atom. The van der Waals surface area contributed by atoms with Gasteiger partial charge in [-0.2, -0.15) is 8.78 Å². The minimum atomic E-state index is -2.87. The van der Waals surface area contributed by atoms with Crippen LogP contribution in [0.4, 0.5) is 14.5 Å². The molecule has 132 valence electrons. The Morgan fingerprint density at radius 1 is 1.12 bits per heavy atom. The molecule has 0 spiro atoms. The number of halogens is 2. The molecule has 0 aliphatic rings. The summed E-state index contributed by atoms with van der Waals surface area (Å²) in [6.07, 6.45) is 1.35. The third-order valence-corrected chi connectivity index (χ3v) is 2.95. The van der Waals surface area contributed by atoms with E-state index in [9.17, 15) is 13.6 Å². The smallest absolute Gasteiger partial charge is 0.387 e. The van der Waals surface area contributed by atoms with Crippen molar-refractivity contribution in [1.29, 1.82) is 0 Å². The first kappa shape index (κ1) is 18.2. The van der Waals surface area contributed by atoms with Crippen molar-refractivity contribution in [3.8, 4) is 11.5 Å². The van der Waals surface area contributed by atoms with E-state index in [2.05, 4.69) is 15.2 Å². The van der Waals surface area contributed by atoms with Crippen molar-refractivity contribution in [2.75, 3.05) is 19.0 Å². The number of oxime groups is 1. The molecular formula is C17H16F2N2O4. The van der Waals surface area contributed by atoms with Crippen LogP contribution in [0.1, 0.15) is 5.56 Å². The van der Waals surface area contributed by atoms with Gasteiger partial charge in [-0.15, -0.1) is 0 Å². The fourth-order valence-corrected chi connectivity index (χ4v) is 1.80. The lowest BCUT2D eigenvalue weighted by Gasteiger charge is -2.05. The summed E-state index contributed by atoms with van der Waals surface area (Å²) in [5.41, 5.74) is 1.21. The van der Waals surface area contributed by atoms with Gasteiger partial charge in [0.2, 0.25) is 0 Å². The van der Waals surface area contributed by atoms with Crippen molar-refractivity contribution in [2.45, 2.75) is 6.61 Å². The predicted octanol–water partition coefficient (Wildman–Crippen LogP) is 3.29. The molecule has 25 heavy (non-hydrogen) atoms. The van der Waals surface area contributed by atoms with Crippen LogP contribution < -0.4 is 14.8 Å². The number of methoxy groups -OCH3 is 1. The van der Waals surface area contributed by atoms with Gasteiger partial charge in [0.25, 0.3) is 5.91 Å². The van der Waals surface area contributed by atoms with Crippen LogP contribution >= 0.6 is 0 Å². The number of benzene rings is 2. The number of nitrogens with one attached hydrogen (secondary N) is 1. The monoisotopic (exact) mass is 350 g/mol. The van der Waals surface area contributed by atoms with Gasteiger partial charge in [-0.1, -0.05) is 5.16 Å². The van der Waals surface area contributed by atoms with Crippen molar-refractivity contribution in [1.82, 2.24) is 0 Å². The maximum absolute atomic E-state index is 12.0. The number of hydrogen-bond donors (Lipinski definition) is 1. The first-order chi connectivity index (χ1) is 12.1. The molecule has 0 saturated heterocycles. The first-order valence-electron chi connectivity index (χ1n) is 7.21. The molecule has 0 saturated carbocycles. The Morgan fingerprint density at radius 2 is 1.76 bits per heavy atom. The number of alkyl halides is 2. The summed E-state index contributed by atoms with van der Waals surface area (Å²) in [5, 5.41) is 6.28. The maximum atomic E-state index is 12.0. The largest absolute Gasteiger partial charge is 0.497 e. The lowest BCUT2D eigenvalue weighted by Crippen LogP contribution is -2.16. The summed E-state index contributed by atoms with van der Waals surface area (Å²) in [4.78, 5) is 16.6.